The Bertz CT molecular complexity index is 403. The minimum absolute atomic E-state index is 0.108. The lowest BCUT2D eigenvalue weighted by atomic mass is 10.2. The highest BCUT2D eigenvalue weighted by Gasteiger charge is 2.29. The maximum Gasteiger partial charge on any atom is 0.422 e. The van der Waals surface area contributed by atoms with Gasteiger partial charge >= 0.3 is 12.1 Å². The van der Waals surface area contributed by atoms with E-state index in [4.69, 9.17) is 16.7 Å². The Kier molecular flexibility index (Phi) is 3.64. The van der Waals surface area contributed by atoms with Crippen molar-refractivity contribution in [3.63, 3.8) is 0 Å². The third-order valence-electron chi connectivity index (χ3n) is 1.56. The molecule has 0 radical (unpaired) electrons. The van der Waals surface area contributed by atoms with Crippen molar-refractivity contribution in [2.24, 2.45) is 0 Å². The number of carboxylic acid groups (broad SMARTS) is 1. The molecule has 0 saturated heterocycles. The Morgan fingerprint density at radius 1 is 1.44 bits per heavy atom. The van der Waals surface area contributed by atoms with E-state index in [2.05, 4.69) is 4.74 Å². The molecule has 1 N–H and O–H groups in total. The van der Waals surface area contributed by atoms with Crippen LogP contribution in [-0.2, 0) is 0 Å². The fourth-order valence-electron chi connectivity index (χ4n) is 0.955. The highest BCUT2D eigenvalue weighted by molar-refractivity contribution is 6.31. The second-order valence-corrected chi connectivity index (χ2v) is 3.29. The van der Waals surface area contributed by atoms with Gasteiger partial charge in [0.1, 0.15) is 11.3 Å². The van der Waals surface area contributed by atoms with Crippen molar-refractivity contribution in [3.05, 3.63) is 28.8 Å². The van der Waals surface area contributed by atoms with Gasteiger partial charge in [0.15, 0.2) is 6.61 Å². The average molecular weight is 255 g/mol. The van der Waals surface area contributed by atoms with Gasteiger partial charge in [-0.3, -0.25) is 0 Å². The van der Waals surface area contributed by atoms with E-state index < -0.39 is 24.3 Å². The molecule has 0 saturated carbocycles. The predicted octanol–water partition coefficient (Wildman–Crippen LogP) is 2.98. The Labute approximate surface area is 93.4 Å². The van der Waals surface area contributed by atoms with E-state index in [-0.39, 0.29) is 10.8 Å². The van der Waals surface area contributed by atoms with Gasteiger partial charge in [-0.2, -0.15) is 13.2 Å². The third kappa shape index (κ3) is 3.62. The molecule has 1 aromatic rings. The lowest BCUT2D eigenvalue weighted by Crippen LogP contribution is -2.20. The lowest BCUT2D eigenvalue weighted by molar-refractivity contribution is -0.153. The summed E-state index contributed by atoms with van der Waals surface area (Å²) in [5.74, 6) is -1.77. The first-order valence-corrected chi connectivity index (χ1v) is 4.40. The van der Waals surface area contributed by atoms with Crippen molar-refractivity contribution >= 4 is 17.6 Å². The van der Waals surface area contributed by atoms with Gasteiger partial charge in [-0.15, -0.1) is 0 Å². The molecule has 0 aliphatic carbocycles. The SMILES string of the molecule is O=C(O)c1cc(Cl)ccc1OCC(F)(F)F. The molecule has 1 aromatic carbocycles. The molecule has 1 rings (SSSR count). The predicted molar refractivity (Wildman–Crippen MR) is 50.0 cm³/mol. The summed E-state index contributed by atoms with van der Waals surface area (Å²) < 4.78 is 39.9. The molecular weight excluding hydrogens is 249 g/mol. The maximum absolute atomic E-state index is 11.9. The number of hydrogen-bond donors (Lipinski definition) is 1. The van der Waals surface area contributed by atoms with Crippen LogP contribution in [-0.4, -0.2) is 23.9 Å². The summed E-state index contributed by atoms with van der Waals surface area (Å²) in [7, 11) is 0. The topological polar surface area (TPSA) is 46.5 Å². The first-order valence-electron chi connectivity index (χ1n) is 4.02. The minimum Gasteiger partial charge on any atom is -0.483 e. The standard InChI is InChI=1S/C9H6ClF3O3/c10-5-1-2-7(6(3-5)8(14)15)16-4-9(11,12)13/h1-3H,4H2,(H,14,15). The van der Waals surface area contributed by atoms with Crippen molar-refractivity contribution < 1.29 is 27.8 Å². The molecule has 0 aromatic heterocycles. The number of halogens is 4. The molecule has 7 heteroatoms. The highest BCUT2D eigenvalue weighted by Crippen LogP contribution is 2.25. The molecule has 0 unspecified atom stereocenters. The molecule has 0 aliphatic rings. The summed E-state index contributed by atoms with van der Waals surface area (Å²) in [6.45, 7) is -1.55. The van der Waals surface area contributed by atoms with E-state index in [0.29, 0.717) is 0 Å². The number of alkyl halides is 3. The number of benzene rings is 1. The first kappa shape index (κ1) is 12.6. The smallest absolute Gasteiger partial charge is 0.422 e. The lowest BCUT2D eigenvalue weighted by Gasteiger charge is -2.11. The van der Waals surface area contributed by atoms with Crippen LogP contribution in [0.4, 0.5) is 13.2 Å². The number of carboxylic acids is 1. The fraction of sp³-hybridized carbons (Fsp3) is 0.222. The molecule has 3 nitrogen and oxygen atoms in total. The van der Waals surface area contributed by atoms with Crippen LogP contribution in [0.2, 0.25) is 5.02 Å². The fourth-order valence-corrected chi connectivity index (χ4v) is 1.13. The van der Waals surface area contributed by atoms with Crippen LogP contribution in [0.25, 0.3) is 0 Å². The van der Waals surface area contributed by atoms with Gasteiger partial charge in [0.25, 0.3) is 0 Å². The zero-order valence-corrected chi connectivity index (χ0v) is 8.47. The summed E-state index contributed by atoms with van der Waals surface area (Å²) in [6, 6.07) is 3.35. The van der Waals surface area contributed by atoms with Crippen LogP contribution < -0.4 is 4.74 Å². The molecular formula is C9H6ClF3O3. The van der Waals surface area contributed by atoms with Crippen LogP contribution in [0.1, 0.15) is 10.4 Å². The van der Waals surface area contributed by atoms with Gasteiger partial charge < -0.3 is 9.84 Å². The van der Waals surface area contributed by atoms with Crippen molar-refractivity contribution in [1.29, 1.82) is 0 Å². The van der Waals surface area contributed by atoms with Gasteiger partial charge in [-0.1, -0.05) is 11.6 Å². The van der Waals surface area contributed by atoms with Crippen LogP contribution >= 0.6 is 11.6 Å². The zero-order valence-electron chi connectivity index (χ0n) is 7.71. The number of rotatable bonds is 3. The molecule has 0 heterocycles. The summed E-state index contributed by atoms with van der Waals surface area (Å²) >= 11 is 5.51. The Morgan fingerprint density at radius 3 is 2.56 bits per heavy atom. The van der Waals surface area contributed by atoms with Crippen LogP contribution in [0.3, 0.4) is 0 Å². The summed E-state index contributed by atoms with van der Waals surface area (Å²) in [6.07, 6.45) is -4.52. The van der Waals surface area contributed by atoms with E-state index in [1.165, 1.54) is 6.07 Å². The zero-order chi connectivity index (χ0) is 12.3. The van der Waals surface area contributed by atoms with Crippen LogP contribution in [0.5, 0.6) is 5.75 Å². The maximum atomic E-state index is 11.9. The molecule has 0 bridgehead atoms. The van der Waals surface area contributed by atoms with Crippen molar-refractivity contribution in [2.75, 3.05) is 6.61 Å². The monoisotopic (exact) mass is 254 g/mol. The Balaban J connectivity index is 2.91. The Hall–Kier alpha value is -1.43. The van der Waals surface area contributed by atoms with E-state index >= 15 is 0 Å². The Morgan fingerprint density at radius 2 is 2.06 bits per heavy atom. The third-order valence-corrected chi connectivity index (χ3v) is 1.80. The summed E-state index contributed by atoms with van der Waals surface area (Å²) in [4.78, 5) is 10.7. The summed E-state index contributed by atoms with van der Waals surface area (Å²) in [5.41, 5.74) is -0.406. The number of aromatic carboxylic acids is 1. The first-order chi connectivity index (χ1) is 7.29. The molecule has 88 valence electrons. The van der Waals surface area contributed by atoms with E-state index in [0.717, 1.165) is 12.1 Å². The largest absolute Gasteiger partial charge is 0.483 e. The molecule has 0 atom stereocenters. The van der Waals surface area contributed by atoms with Crippen LogP contribution in [0, 0.1) is 0 Å². The second-order valence-electron chi connectivity index (χ2n) is 2.85. The van der Waals surface area contributed by atoms with Gasteiger partial charge in [0, 0.05) is 5.02 Å². The van der Waals surface area contributed by atoms with Crippen molar-refractivity contribution in [1.82, 2.24) is 0 Å². The average Bonchev–Trinajstić information content (AvgIpc) is 2.14. The van der Waals surface area contributed by atoms with E-state index in [1.807, 2.05) is 0 Å². The molecule has 16 heavy (non-hydrogen) atoms. The molecule has 0 spiro atoms. The highest BCUT2D eigenvalue weighted by atomic mass is 35.5. The molecule has 0 fully saturated rings. The van der Waals surface area contributed by atoms with Gasteiger partial charge in [0.2, 0.25) is 0 Å². The number of hydrogen-bond acceptors (Lipinski definition) is 2. The van der Waals surface area contributed by atoms with Crippen molar-refractivity contribution in [3.8, 4) is 5.75 Å². The normalized spacial score (nSPS) is 11.2. The number of carbonyl (C=O) groups is 1. The van der Waals surface area contributed by atoms with Gasteiger partial charge in [0.05, 0.1) is 0 Å². The van der Waals surface area contributed by atoms with Gasteiger partial charge in [-0.05, 0) is 18.2 Å². The van der Waals surface area contributed by atoms with Gasteiger partial charge in [-0.25, -0.2) is 4.79 Å². The minimum atomic E-state index is -4.52. The van der Waals surface area contributed by atoms with E-state index in [9.17, 15) is 18.0 Å². The molecule has 0 amide bonds. The van der Waals surface area contributed by atoms with Crippen molar-refractivity contribution in [2.45, 2.75) is 6.18 Å². The van der Waals surface area contributed by atoms with E-state index in [1.54, 1.807) is 0 Å². The summed E-state index contributed by atoms with van der Waals surface area (Å²) in [5, 5.41) is 8.81. The quantitative estimate of drug-likeness (QED) is 0.902. The number of ether oxygens (including phenoxy) is 1. The molecule has 0 aliphatic heterocycles. The van der Waals surface area contributed by atoms with Crippen LogP contribution in [0.15, 0.2) is 18.2 Å². The second kappa shape index (κ2) is 4.61.